The van der Waals surface area contributed by atoms with Crippen molar-refractivity contribution in [1.82, 2.24) is 30.0 Å². The largest absolute Gasteiger partial charge is 0.444 e. The van der Waals surface area contributed by atoms with Gasteiger partial charge in [-0.2, -0.15) is 5.10 Å². The Bertz CT molecular complexity index is 1580. The minimum Gasteiger partial charge on any atom is -0.444 e. The van der Waals surface area contributed by atoms with Crippen molar-refractivity contribution in [2.75, 3.05) is 0 Å². The van der Waals surface area contributed by atoms with Gasteiger partial charge in [0.1, 0.15) is 5.60 Å². The summed E-state index contributed by atoms with van der Waals surface area (Å²) in [4.78, 5) is 22.1. The zero-order chi connectivity index (χ0) is 26.3. The summed E-state index contributed by atoms with van der Waals surface area (Å²) in [6.45, 7) is 5.63. The highest BCUT2D eigenvalue weighted by Gasteiger charge is 2.41. The summed E-state index contributed by atoms with van der Waals surface area (Å²) in [7, 11) is 0. The fourth-order valence-electron chi connectivity index (χ4n) is 5.05. The number of ether oxygens (including phenoxy) is 1. The lowest BCUT2D eigenvalue weighted by Crippen LogP contribution is -2.52. The number of aromatic nitrogens is 5. The lowest BCUT2D eigenvalue weighted by Gasteiger charge is -2.43. The summed E-state index contributed by atoms with van der Waals surface area (Å²) in [5.74, 6) is 0.624. The average Bonchev–Trinajstić information content (AvgIpc) is 3.54. The molecule has 1 aliphatic rings. The van der Waals surface area contributed by atoms with Crippen LogP contribution < -0.4 is 5.32 Å². The van der Waals surface area contributed by atoms with Crippen molar-refractivity contribution in [1.29, 1.82) is 0 Å². The van der Waals surface area contributed by atoms with Crippen molar-refractivity contribution in [3.8, 4) is 28.3 Å². The first-order valence-electron chi connectivity index (χ1n) is 12.9. The predicted molar refractivity (Wildman–Crippen MR) is 147 cm³/mol. The van der Waals surface area contributed by atoms with Gasteiger partial charge in [-0.3, -0.25) is 5.10 Å². The number of nitrogens with zero attached hydrogens (tertiary/aromatic N) is 4. The lowest BCUT2D eigenvalue weighted by molar-refractivity contribution is 0.0377. The number of hydrogen-bond acceptors (Lipinski definition) is 5. The van der Waals surface area contributed by atoms with Gasteiger partial charge in [0.15, 0.2) is 5.82 Å². The van der Waals surface area contributed by atoms with Gasteiger partial charge in [-0.15, -0.1) is 0 Å². The monoisotopic (exact) mass is 506 g/mol. The van der Waals surface area contributed by atoms with Crippen molar-refractivity contribution < 1.29 is 9.53 Å². The van der Waals surface area contributed by atoms with Crippen LogP contribution in [0.4, 0.5) is 4.79 Å². The molecule has 1 saturated carbocycles. The number of H-pyrrole nitrogens is 1. The number of rotatable bonds is 5. The summed E-state index contributed by atoms with van der Waals surface area (Å²) in [6, 6.07) is 20.8. The maximum absolute atomic E-state index is 12.6. The van der Waals surface area contributed by atoms with Crippen LogP contribution in [0.3, 0.4) is 0 Å². The van der Waals surface area contributed by atoms with Gasteiger partial charge in [0.25, 0.3) is 0 Å². The molecule has 1 aliphatic carbocycles. The highest BCUT2D eigenvalue weighted by atomic mass is 16.6. The van der Waals surface area contributed by atoms with Gasteiger partial charge in [0.05, 0.1) is 40.2 Å². The van der Waals surface area contributed by atoms with E-state index in [1.54, 1.807) is 12.4 Å². The van der Waals surface area contributed by atoms with Crippen LogP contribution >= 0.6 is 0 Å². The normalized spacial score (nSPS) is 14.7. The third-order valence-electron chi connectivity index (χ3n) is 7.00. The van der Waals surface area contributed by atoms with E-state index in [0.717, 1.165) is 58.4 Å². The van der Waals surface area contributed by atoms with E-state index in [9.17, 15) is 4.79 Å². The zero-order valence-electron chi connectivity index (χ0n) is 21.7. The van der Waals surface area contributed by atoms with E-state index >= 15 is 0 Å². The summed E-state index contributed by atoms with van der Waals surface area (Å²) < 4.78 is 7.73. The van der Waals surface area contributed by atoms with Crippen LogP contribution in [0.5, 0.6) is 0 Å². The SMILES string of the molecule is CC(C)(C)OC(=O)NC1(c2ccc(-n3c(-c4ccccc4)cc4nc(-c5cn[nH]c5)ncc43)cc2)CCC1. The Hall–Kier alpha value is -4.46. The molecule has 8 nitrogen and oxygen atoms in total. The lowest BCUT2D eigenvalue weighted by atomic mass is 9.72. The van der Waals surface area contributed by atoms with Crippen molar-refractivity contribution in [3.63, 3.8) is 0 Å². The van der Waals surface area contributed by atoms with Crippen molar-refractivity contribution >= 4 is 17.1 Å². The number of alkyl carbamates (subject to hydrolysis) is 1. The van der Waals surface area contributed by atoms with Gasteiger partial charge in [-0.25, -0.2) is 14.8 Å². The quantitative estimate of drug-likeness (QED) is 0.288. The van der Waals surface area contributed by atoms with E-state index in [0.29, 0.717) is 5.82 Å². The first-order valence-corrected chi connectivity index (χ1v) is 12.9. The van der Waals surface area contributed by atoms with E-state index in [-0.39, 0.29) is 6.09 Å². The second-order valence-electron chi connectivity index (χ2n) is 10.8. The second-order valence-corrected chi connectivity index (χ2v) is 10.8. The molecule has 38 heavy (non-hydrogen) atoms. The van der Waals surface area contributed by atoms with Gasteiger partial charge >= 0.3 is 6.09 Å². The third kappa shape index (κ3) is 4.42. The Kier molecular flexibility index (Phi) is 5.75. The topological polar surface area (TPSA) is 97.7 Å². The van der Waals surface area contributed by atoms with Crippen LogP contribution in [0, 0.1) is 0 Å². The second kappa shape index (κ2) is 9.13. The highest BCUT2D eigenvalue weighted by Crippen LogP contribution is 2.42. The minimum absolute atomic E-state index is 0.380. The summed E-state index contributed by atoms with van der Waals surface area (Å²) >= 11 is 0. The number of aromatic amines is 1. The molecule has 0 atom stereocenters. The summed E-state index contributed by atoms with van der Waals surface area (Å²) in [5.41, 5.74) is 5.85. The molecule has 3 heterocycles. The number of nitrogens with one attached hydrogen (secondary N) is 2. The number of amides is 1. The molecule has 0 bridgehead atoms. The zero-order valence-corrected chi connectivity index (χ0v) is 21.7. The van der Waals surface area contributed by atoms with Crippen molar-refractivity contribution in [2.24, 2.45) is 0 Å². The standard InChI is InChI=1S/C30H30N6O2/c1-29(2,3)38-28(37)35-30(14-7-15-30)22-10-12-23(13-11-22)36-25(20-8-5-4-6-9-20)16-24-26(36)19-31-27(34-24)21-17-32-33-18-21/h4-6,8-13,16-19H,7,14-15H2,1-3H3,(H,32,33)(H,35,37). The third-order valence-corrected chi connectivity index (χ3v) is 7.00. The minimum atomic E-state index is -0.540. The van der Waals surface area contributed by atoms with Crippen LogP contribution in [-0.2, 0) is 10.3 Å². The van der Waals surface area contributed by atoms with E-state index in [1.807, 2.05) is 45.2 Å². The molecule has 192 valence electrons. The molecule has 2 aromatic carbocycles. The van der Waals surface area contributed by atoms with E-state index < -0.39 is 11.1 Å². The van der Waals surface area contributed by atoms with E-state index in [2.05, 4.69) is 67.5 Å². The Morgan fingerprint density at radius 3 is 2.42 bits per heavy atom. The summed E-state index contributed by atoms with van der Waals surface area (Å²) in [5, 5.41) is 10.00. The Morgan fingerprint density at radius 2 is 1.79 bits per heavy atom. The van der Waals surface area contributed by atoms with Crippen LogP contribution in [-0.4, -0.2) is 36.4 Å². The maximum Gasteiger partial charge on any atom is 0.408 e. The number of fused-ring (bicyclic) bond motifs is 1. The van der Waals surface area contributed by atoms with E-state index in [4.69, 9.17) is 9.72 Å². The van der Waals surface area contributed by atoms with E-state index in [1.165, 1.54) is 0 Å². The Labute approximate surface area is 221 Å². The first kappa shape index (κ1) is 23.9. The molecule has 1 amide bonds. The number of carbonyl (C=O) groups is 1. The van der Waals surface area contributed by atoms with Crippen LogP contribution in [0.25, 0.3) is 39.4 Å². The van der Waals surface area contributed by atoms with Crippen molar-refractivity contribution in [2.45, 2.75) is 51.2 Å². The molecule has 3 aromatic heterocycles. The fourth-order valence-corrected chi connectivity index (χ4v) is 5.05. The molecule has 0 spiro atoms. The fraction of sp³-hybridized carbons (Fsp3) is 0.267. The molecule has 0 radical (unpaired) electrons. The number of benzene rings is 2. The van der Waals surface area contributed by atoms with Gasteiger partial charge in [-0.05, 0) is 69.4 Å². The Balaban J connectivity index is 1.39. The molecule has 8 heteroatoms. The molecule has 1 fully saturated rings. The Morgan fingerprint density at radius 1 is 1.03 bits per heavy atom. The first-order chi connectivity index (χ1) is 18.3. The predicted octanol–water partition coefficient (Wildman–Crippen LogP) is 6.38. The molecule has 6 rings (SSSR count). The van der Waals surface area contributed by atoms with Gasteiger partial charge in [0, 0.05) is 11.9 Å². The van der Waals surface area contributed by atoms with Gasteiger partial charge < -0.3 is 14.6 Å². The molecule has 0 saturated heterocycles. The molecule has 5 aromatic rings. The average molecular weight is 507 g/mol. The van der Waals surface area contributed by atoms with Crippen molar-refractivity contribution in [3.05, 3.63) is 84.8 Å². The number of carbonyl (C=O) groups excluding carboxylic acids is 1. The maximum atomic E-state index is 12.6. The molecular formula is C30H30N6O2. The van der Waals surface area contributed by atoms with Crippen LogP contribution in [0.1, 0.15) is 45.6 Å². The molecule has 0 aliphatic heterocycles. The molecular weight excluding hydrogens is 476 g/mol. The van der Waals surface area contributed by atoms with Crippen LogP contribution in [0.2, 0.25) is 0 Å². The summed E-state index contributed by atoms with van der Waals surface area (Å²) in [6.07, 6.45) is 7.83. The van der Waals surface area contributed by atoms with Gasteiger partial charge in [-0.1, -0.05) is 42.5 Å². The number of hydrogen-bond donors (Lipinski definition) is 2. The smallest absolute Gasteiger partial charge is 0.408 e. The highest BCUT2D eigenvalue weighted by molar-refractivity contribution is 5.87. The molecule has 0 unspecified atom stereocenters. The van der Waals surface area contributed by atoms with Crippen LogP contribution in [0.15, 0.2) is 79.3 Å². The molecule has 2 N–H and O–H groups in total. The van der Waals surface area contributed by atoms with Gasteiger partial charge in [0.2, 0.25) is 0 Å².